The molecule has 0 saturated heterocycles. The van der Waals surface area contributed by atoms with Crippen LogP contribution in [-0.4, -0.2) is 40.2 Å². The minimum atomic E-state index is -0.0309. The maximum atomic E-state index is 12.2. The molecule has 21 heavy (non-hydrogen) atoms. The van der Waals surface area contributed by atoms with Crippen LogP contribution >= 0.6 is 11.8 Å². The fourth-order valence-electron chi connectivity index (χ4n) is 2.72. The molecule has 0 radical (unpaired) electrons. The predicted octanol–water partition coefficient (Wildman–Crippen LogP) is 3.05. The van der Waals surface area contributed by atoms with E-state index in [2.05, 4.69) is 17.4 Å². The van der Waals surface area contributed by atoms with Crippen LogP contribution in [0.3, 0.4) is 0 Å². The van der Waals surface area contributed by atoms with Crippen molar-refractivity contribution in [3.63, 3.8) is 0 Å². The number of carbonyl (C=O) groups excluding carboxylic acids is 1. The van der Waals surface area contributed by atoms with E-state index in [0.717, 1.165) is 30.7 Å². The molecular weight excluding hydrogens is 286 g/mol. The van der Waals surface area contributed by atoms with Gasteiger partial charge in [0, 0.05) is 24.4 Å². The van der Waals surface area contributed by atoms with E-state index >= 15 is 0 Å². The zero-order chi connectivity index (χ0) is 15.2. The summed E-state index contributed by atoms with van der Waals surface area (Å²) in [5, 5.41) is 7.53. The van der Waals surface area contributed by atoms with Gasteiger partial charge < -0.3 is 14.7 Å². The Morgan fingerprint density at radius 3 is 3.00 bits per heavy atom. The Morgan fingerprint density at radius 2 is 2.33 bits per heavy atom. The molecule has 2 amide bonds. The first kappa shape index (κ1) is 16.2. The Labute approximate surface area is 130 Å². The molecule has 1 aromatic rings. The van der Waals surface area contributed by atoms with E-state index in [1.807, 2.05) is 36.7 Å². The molecule has 0 unspecified atom stereocenters. The lowest BCUT2D eigenvalue weighted by molar-refractivity contribution is 0.189. The Morgan fingerprint density at radius 1 is 1.52 bits per heavy atom. The largest absolute Gasteiger partial charge is 0.359 e. The first-order chi connectivity index (χ1) is 10.1. The molecule has 0 aliphatic heterocycles. The van der Waals surface area contributed by atoms with E-state index in [-0.39, 0.29) is 6.03 Å². The molecule has 6 heteroatoms. The maximum absolute atomic E-state index is 12.2. The van der Waals surface area contributed by atoms with Crippen molar-refractivity contribution >= 4 is 17.8 Å². The second-order valence-corrected chi connectivity index (χ2v) is 7.03. The van der Waals surface area contributed by atoms with Gasteiger partial charge in [-0.1, -0.05) is 19.0 Å². The molecular formula is C15H25N3O2S. The van der Waals surface area contributed by atoms with Crippen molar-refractivity contribution in [2.45, 2.75) is 57.4 Å². The Hall–Kier alpha value is -1.17. The molecule has 2 rings (SSSR count). The van der Waals surface area contributed by atoms with E-state index in [1.165, 1.54) is 6.42 Å². The normalized spacial score (nSPS) is 21.5. The minimum absolute atomic E-state index is 0.0309. The number of hydrogen-bond acceptors (Lipinski definition) is 4. The molecule has 2 atom stereocenters. The number of urea groups is 1. The van der Waals surface area contributed by atoms with Gasteiger partial charge in [-0.3, -0.25) is 0 Å². The van der Waals surface area contributed by atoms with Gasteiger partial charge in [0.05, 0.1) is 12.2 Å². The number of rotatable bonds is 6. The molecule has 1 aliphatic rings. The van der Waals surface area contributed by atoms with Gasteiger partial charge in [-0.2, -0.15) is 11.8 Å². The van der Waals surface area contributed by atoms with E-state index < -0.39 is 0 Å². The summed E-state index contributed by atoms with van der Waals surface area (Å²) in [4.78, 5) is 14.0. The van der Waals surface area contributed by atoms with E-state index in [9.17, 15) is 4.79 Å². The molecule has 0 bridgehead atoms. The number of nitrogens with zero attached hydrogens (tertiary/aromatic N) is 2. The van der Waals surface area contributed by atoms with Crippen molar-refractivity contribution < 1.29 is 9.32 Å². The van der Waals surface area contributed by atoms with Gasteiger partial charge in [-0.15, -0.1) is 0 Å². The van der Waals surface area contributed by atoms with Crippen LogP contribution in [-0.2, 0) is 13.0 Å². The van der Waals surface area contributed by atoms with E-state index in [0.29, 0.717) is 23.6 Å². The first-order valence-electron chi connectivity index (χ1n) is 7.70. The third-order valence-corrected chi connectivity index (χ3v) is 5.24. The Kier molecular flexibility index (Phi) is 5.96. The third-order valence-electron chi connectivity index (χ3n) is 4.01. The van der Waals surface area contributed by atoms with Gasteiger partial charge in [-0.05, 0) is 31.4 Å². The van der Waals surface area contributed by atoms with Crippen LogP contribution in [0.5, 0.6) is 0 Å². The lowest BCUT2D eigenvalue weighted by Gasteiger charge is -2.24. The number of nitrogens with one attached hydrogen (secondary N) is 1. The van der Waals surface area contributed by atoms with Gasteiger partial charge in [-0.25, -0.2) is 4.79 Å². The fourth-order valence-corrected chi connectivity index (χ4v) is 3.85. The number of aryl methyl sites for hydroxylation is 1. The lowest BCUT2D eigenvalue weighted by Crippen LogP contribution is -2.42. The highest BCUT2D eigenvalue weighted by atomic mass is 32.2. The summed E-state index contributed by atoms with van der Waals surface area (Å²) < 4.78 is 5.17. The van der Waals surface area contributed by atoms with Crippen LogP contribution in [0.15, 0.2) is 10.6 Å². The Bertz CT molecular complexity index is 464. The summed E-state index contributed by atoms with van der Waals surface area (Å²) in [6.07, 6.45) is 4.26. The van der Waals surface area contributed by atoms with Gasteiger partial charge in [0.2, 0.25) is 0 Å². The second-order valence-electron chi connectivity index (χ2n) is 5.45. The van der Waals surface area contributed by atoms with E-state index in [4.69, 9.17) is 4.52 Å². The number of amides is 2. The number of thioether (sulfide) groups is 1. The smallest absolute Gasteiger partial charge is 0.317 e. The molecule has 1 heterocycles. The van der Waals surface area contributed by atoms with Gasteiger partial charge in [0.1, 0.15) is 0 Å². The minimum Gasteiger partial charge on any atom is -0.359 e. The third kappa shape index (κ3) is 4.40. The average molecular weight is 311 g/mol. The predicted molar refractivity (Wildman–Crippen MR) is 85.4 cm³/mol. The van der Waals surface area contributed by atoms with Crippen molar-refractivity contribution in [3.05, 3.63) is 17.5 Å². The van der Waals surface area contributed by atoms with Gasteiger partial charge in [0.25, 0.3) is 0 Å². The highest BCUT2D eigenvalue weighted by Crippen LogP contribution is 2.32. The van der Waals surface area contributed by atoms with Crippen LogP contribution in [0.1, 0.15) is 44.6 Å². The van der Waals surface area contributed by atoms with Crippen LogP contribution in [0.25, 0.3) is 0 Å². The SMILES string of the molecule is CCS[C@H]1CC[C@@H](N(C)C(=O)NCc2cc(CC)no2)C1. The molecule has 1 aromatic heterocycles. The van der Waals surface area contributed by atoms with E-state index in [1.54, 1.807) is 0 Å². The molecule has 5 nitrogen and oxygen atoms in total. The standard InChI is InChI=1S/C15H25N3O2S/c1-4-11-8-13(20-17-11)10-16-15(19)18(3)12-6-7-14(9-12)21-5-2/h8,12,14H,4-7,9-10H2,1-3H3,(H,16,19)/t12-,14+/m1/s1. The zero-order valence-electron chi connectivity index (χ0n) is 13.1. The number of carbonyl (C=O) groups is 1. The maximum Gasteiger partial charge on any atom is 0.317 e. The van der Waals surface area contributed by atoms with Crippen molar-refractivity contribution in [1.29, 1.82) is 0 Å². The van der Waals surface area contributed by atoms with Crippen LogP contribution in [0.4, 0.5) is 4.79 Å². The second kappa shape index (κ2) is 7.73. The molecule has 1 saturated carbocycles. The molecule has 118 valence electrons. The molecule has 0 aromatic carbocycles. The summed E-state index contributed by atoms with van der Waals surface area (Å²) in [5.74, 6) is 1.86. The topological polar surface area (TPSA) is 58.4 Å². The Balaban J connectivity index is 1.77. The van der Waals surface area contributed by atoms with Crippen molar-refractivity contribution in [2.24, 2.45) is 0 Å². The summed E-state index contributed by atoms with van der Waals surface area (Å²) in [5.41, 5.74) is 0.919. The highest BCUT2D eigenvalue weighted by Gasteiger charge is 2.29. The molecule has 0 spiro atoms. The number of aromatic nitrogens is 1. The van der Waals surface area contributed by atoms with Gasteiger partial charge in [0.15, 0.2) is 5.76 Å². The quantitative estimate of drug-likeness (QED) is 0.877. The summed E-state index contributed by atoms with van der Waals surface area (Å²) in [7, 11) is 1.89. The van der Waals surface area contributed by atoms with Gasteiger partial charge >= 0.3 is 6.03 Å². The average Bonchev–Trinajstić information content (AvgIpc) is 3.13. The lowest BCUT2D eigenvalue weighted by atomic mass is 10.2. The molecule has 1 N–H and O–H groups in total. The number of hydrogen-bond donors (Lipinski definition) is 1. The summed E-state index contributed by atoms with van der Waals surface area (Å²) >= 11 is 2.01. The fraction of sp³-hybridized carbons (Fsp3) is 0.733. The summed E-state index contributed by atoms with van der Waals surface area (Å²) in [6, 6.07) is 2.22. The van der Waals surface area contributed by atoms with Crippen molar-refractivity contribution in [2.75, 3.05) is 12.8 Å². The highest BCUT2D eigenvalue weighted by molar-refractivity contribution is 7.99. The molecule has 1 fully saturated rings. The van der Waals surface area contributed by atoms with Crippen LogP contribution in [0.2, 0.25) is 0 Å². The van der Waals surface area contributed by atoms with Crippen molar-refractivity contribution in [1.82, 2.24) is 15.4 Å². The van der Waals surface area contributed by atoms with Crippen LogP contribution < -0.4 is 5.32 Å². The van der Waals surface area contributed by atoms with Crippen LogP contribution in [0, 0.1) is 0 Å². The zero-order valence-corrected chi connectivity index (χ0v) is 13.9. The first-order valence-corrected chi connectivity index (χ1v) is 8.75. The summed E-state index contributed by atoms with van der Waals surface area (Å²) in [6.45, 7) is 4.62. The molecule has 1 aliphatic carbocycles. The monoisotopic (exact) mass is 311 g/mol. The van der Waals surface area contributed by atoms with Crippen molar-refractivity contribution in [3.8, 4) is 0 Å².